The maximum Gasteiger partial charge on any atom is 0.339 e. The van der Waals surface area contributed by atoms with Crippen LogP contribution in [0.1, 0.15) is 101 Å². The lowest BCUT2D eigenvalue weighted by Crippen LogP contribution is -2.45. The second-order valence-corrected chi connectivity index (χ2v) is 8.40. The van der Waals surface area contributed by atoms with Crippen LogP contribution in [-0.2, 0) is 0 Å². The molecule has 0 spiro atoms. The number of aliphatic hydroxyl groups excluding tert-OH is 3. The first-order valence-corrected chi connectivity index (χ1v) is 12.1. The maximum absolute atomic E-state index is 10.3. The molecule has 186 valence electrons. The number of hydrogen-bond donors (Lipinski definition) is 6. The van der Waals surface area contributed by atoms with Gasteiger partial charge >= 0.3 is 5.97 Å². The zero-order valence-electron chi connectivity index (χ0n) is 19.7. The zero-order valence-corrected chi connectivity index (χ0v) is 19.7. The third-order valence-corrected chi connectivity index (χ3v) is 5.53. The van der Waals surface area contributed by atoms with Gasteiger partial charge in [0.15, 0.2) is 0 Å². The van der Waals surface area contributed by atoms with E-state index in [1.807, 2.05) is 0 Å². The number of carboxylic acids is 1. The maximum atomic E-state index is 10.3. The SMILES string of the molecule is CCCCCCCCCCCCCC[C@@H](O)[C@H](O)[C@@H](N)CO.O=C(O)c1ccccc1O. The van der Waals surface area contributed by atoms with Gasteiger partial charge in [0.05, 0.1) is 24.9 Å². The number of aromatic carboxylic acids is 1. The number of carboxylic acid groups (broad SMARTS) is 1. The van der Waals surface area contributed by atoms with Crippen molar-refractivity contribution in [2.24, 2.45) is 5.73 Å². The minimum atomic E-state index is -1.11. The van der Waals surface area contributed by atoms with Crippen molar-refractivity contribution in [2.45, 2.75) is 109 Å². The van der Waals surface area contributed by atoms with Crippen molar-refractivity contribution in [1.82, 2.24) is 0 Å². The lowest BCUT2D eigenvalue weighted by molar-refractivity contribution is -0.0121. The summed E-state index contributed by atoms with van der Waals surface area (Å²) in [7, 11) is 0. The Morgan fingerprint density at radius 2 is 1.34 bits per heavy atom. The highest BCUT2D eigenvalue weighted by atomic mass is 16.4. The molecule has 1 rings (SSSR count). The Bertz CT molecular complexity index is 583. The van der Waals surface area contributed by atoms with Gasteiger partial charge < -0.3 is 31.3 Å². The first kappa shape index (κ1) is 30.3. The third kappa shape index (κ3) is 15.2. The summed E-state index contributed by atoms with van der Waals surface area (Å²) in [5.74, 6) is -1.31. The standard InChI is InChI=1S/C18H39NO3.C7H6O3/c1-2-3-4-5-6-7-8-9-10-11-12-13-14-17(21)18(22)16(19)15-20;8-6-4-2-1-3-5(6)7(9)10/h16-18,20-22H,2-15,19H2,1H3;1-4,8H,(H,9,10)/t16-,17+,18+;/m0./s1. The van der Waals surface area contributed by atoms with Gasteiger partial charge in [0.25, 0.3) is 0 Å². The number of aromatic hydroxyl groups is 1. The van der Waals surface area contributed by atoms with Crippen molar-refractivity contribution in [2.75, 3.05) is 6.61 Å². The van der Waals surface area contributed by atoms with Crippen LogP contribution in [0.2, 0.25) is 0 Å². The molecule has 0 aliphatic heterocycles. The molecule has 0 heterocycles. The van der Waals surface area contributed by atoms with Crippen LogP contribution in [0.25, 0.3) is 0 Å². The molecule has 7 heteroatoms. The van der Waals surface area contributed by atoms with Crippen molar-refractivity contribution in [3.05, 3.63) is 29.8 Å². The smallest absolute Gasteiger partial charge is 0.339 e. The second-order valence-electron chi connectivity index (χ2n) is 8.40. The number of rotatable bonds is 17. The summed E-state index contributed by atoms with van der Waals surface area (Å²) < 4.78 is 0. The molecule has 7 nitrogen and oxygen atoms in total. The fraction of sp³-hybridized carbons (Fsp3) is 0.720. The molecule has 0 fully saturated rings. The molecule has 32 heavy (non-hydrogen) atoms. The molecule has 0 aliphatic rings. The number of hydrogen-bond acceptors (Lipinski definition) is 6. The fourth-order valence-corrected chi connectivity index (χ4v) is 3.41. The molecule has 1 aromatic rings. The van der Waals surface area contributed by atoms with Gasteiger partial charge in [-0.05, 0) is 18.6 Å². The monoisotopic (exact) mass is 455 g/mol. The number of aliphatic hydroxyl groups is 3. The van der Waals surface area contributed by atoms with Crippen LogP contribution in [0.15, 0.2) is 24.3 Å². The highest BCUT2D eigenvalue weighted by molar-refractivity contribution is 5.90. The van der Waals surface area contributed by atoms with Crippen LogP contribution in [-0.4, -0.2) is 56.4 Å². The summed E-state index contributed by atoms with van der Waals surface area (Å²) in [6.45, 7) is 1.96. The Hall–Kier alpha value is -1.67. The van der Waals surface area contributed by atoms with E-state index >= 15 is 0 Å². The fourth-order valence-electron chi connectivity index (χ4n) is 3.41. The van der Waals surface area contributed by atoms with Gasteiger partial charge in [0, 0.05) is 0 Å². The third-order valence-electron chi connectivity index (χ3n) is 5.53. The summed E-state index contributed by atoms with van der Waals surface area (Å²) in [5.41, 5.74) is 5.43. The molecule has 0 aromatic heterocycles. The lowest BCUT2D eigenvalue weighted by Gasteiger charge is -2.22. The lowest BCUT2D eigenvalue weighted by atomic mass is 10.00. The van der Waals surface area contributed by atoms with Gasteiger partial charge in [-0.2, -0.15) is 0 Å². The minimum absolute atomic E-state index is 0.0671. The molecule has 0 bridgehead atoms. The summed E-state index contributed by atoms with van der Waals surface area (Å²) in [5, 5.41) is 45.5. The van der Waals surface area contributed by atoms with Crippen molar-refractivity contribution >= 4 is 5.97 Å². The van der Waals surface area contributed by atoms with Gasteiger partial charge in [0.2, 0.25) is 0 Å². The molecule has 0 radical (unpaired) electrons. The predicted molar refractivity (Wildman–Crippen MR) is 128 cm³/mol. The first-order valence-electron chi connectivity index (χ1n) is 12.1. The number of unbranched alkanes of at least 4 members (excludes halogenated alkanes) is 11. The second kappa shape index (κ2) is 20.0. The first-order chi connectivity index (χ1) is 15.3. The molecular weight excluding hydrogens is 410 g/mol. The summed E-state index contributed by atoms with van der Waals surface area (Å²) >= 11 is 0. The Labute approximate surface area is 193 Å². The van der Waals surface area contributed by atoms with E-state index in [4.69, 9.17) is 21.1 Å². The number of phenols is 1. The normalized spacial score (nSPS) is 13.7. The van der Waals surface area contributed by atoms with Crippen molar-refractivity contribution in [3.63, 3.8) is 0 Å². The highest BCUT2D eigenvalue weighted by Crippen LogP contribution is 2.15. The van der Waals surface area contributed by atoms with Crippen molar-refractivity contribution < 1.29 is 30.3 Å². The predicted octanol–water partition coefficient (Wildman–Crippen LogP) is 4.21. The van der Waals surface area contributed by atoms with Gasteiger partial charge in [-0.25, -0.2) is 4.79 Å². The molecule has 0 amide bonds. The average molecular weight is 456 g/mol. The van der Waals surface area contributed by atoms with Gasteiger partial charge in [0.1, 0.15) is 11.3 Å². The van der Waals surface area contributed by atoms with Crippen LogP contribution >= 0.6 is 0 Å². The van der Waals surface area contributed by atoms with E-state index < -0.39 is 24.2 Å². The molecule has 0 aliphatic carbocycles. The number of nitrogens with two attached hydrogens (primary N) is 1. The molecule has 0 saturated carbocycles. The minimum Gasteiger partial charge on any atom is -0.507 e. The molecular formula is C25H45NO6. The average Bonchev–Trinajstić information content (AvgIpc) is 2.79. The van der Waals surface area contributed by atoms with E-state index in [0.29, 0.717) is 6.42 Å². The Morgan fingerprint density at radius 3 is 1.75 bits per heavy atom. The Balaban J connectivity index is 0.000000792. The number of carbonyl (C=O) groups is 1. The van der Waals surface area contributed by atoms with Gasteiger partial charge in [-0.15, -0.1) is 0 Å². The Morgan fingerprint density at radius 1 is 0.875 bits per heavy atom. The number of benzene rings is 1. The van der Waals surface area contributed by atoms with Gasteiger partial charge in [-0.3, -0.25) is 0 Å². The van der Waals surface area contributed by atoms with E-state index in [-0.39, 0.29) is 17.9 Å². The van der Waals surface area contributed by atoms with Crippen LogP contribution in [0.5, 0.6) is 5.75 Å². The van der Waals surface area contributed by atoms with Crippen molar-refractivity contribution in [3.8, 4) is 5.75 Å². The quantitative estimate of drug-likeness (QED) is 0.193. The van der Waals surface area contributed by atoms with E-state index in [2.05, 4.69) is 6.92 Å². The molecule has 0 saturated heterocycles. The van der Waals surface area contributed by atoms with E-state index in [1.54, 1.807) is 12.1 Å². The summed E-state index contributed by atoms with van der Waals surface area (Å²) in [4.78, 5) is 10.3. The molecule has 0 unspecified atom stereocenters. The van der Waals surface area contributed by atoms with Crippen LogP contribution in [0.3, 0.4) is 0 Å². The topological polar surface area (TPSA) is 144 Å². The molecule has 3 atom stereocenters. The zero-order chi connectivity index (χ0) is 24.2. The van der Waals surface area contributed by atoms with Crippen LogP contribution in [0.4, 0.5) is 0 Å². The van der Waals surface area contributed by atoms with Crippen LogP contribution < -0.4 is 5.73 Å². The largest absolute Gasteiger partial charge is 0.507 e. The van der Waals surface area contributed by atoms with E-state index in [0.717, 1.165) is 12.8 Å². The molecule has 7 N–H and O–H groups in total. The van der Waals surface area contributed by atoms with E-state index in [1.165, 1.54) is 76.3 Å². The highest BCUT2D eigenvalue weighted by Gasteiger charge is 2.22. The Kier molecular flexibility index (Phi) is 18.9. The molecule has 1 aromatic carbocycles. The van der Waals surface area contributed by atoms with Crippen LogP contribution in [0, 0.1) is 0 Å². The van der Waals surface area contributed by atoms with Gasteiger partial charge in [-0.1, -0.05) is 96.1 Å². The summed E-state index contributed by atoms with van der Waals surface area (Å²) in [6.07, 6.45) is 14.1. The van der Waals surface area contributed by atoms with Crippen molar-refractivity contribution in [1.29, 1.82) is 0 Å². The summed E-state index contributed by atoms with van der Waals surface area (Å²) in [6, 6.07) is 5.07. The number of para-hydroxylation sites is 1. The van der Waals surface area contributed by atoms with E-state index in [9.17, 15) is 15.0 Å².